The van der Waals surface area contributed by atoms with Crippen LogP contribution in [-0.2, 0) is 6.42 Å². The molecule has 0 atom stereocenters. The molecule has 0 saturated carbocycles. The Hall–Kier alpha value is -2.70. The molecule has 3 aromatic heterocycles. The zero-order valence-corrected chi connectivity index (χ0v) is 14.2. The Balaban J connectivity index is 1.92. The van der Waals surface area contributed by atoms with Crippen molar-refractivity contribution in [2.75, 3.05) is 5.32 Å². The Morgan fingerprint density at radius 1 is 1.17 bits per heavy atom. The molecule has 0 aliphatic heterocycles. The molecule has 3 aromatic rings. The van der Waals surface area contributed by atoms with Gasteiger partial charge in [-0.05, 0) is 25.3 Å². The molecular weight excluding hydrogens is 304 g/mol. The lowest BCUT2D eigenvalue weighted by Gasteiger charge is -2.16. The van der Waals surface area contributed by atoms with E-state index in [1.807, 2.05) is 11.6 Å². The average molecular weight is 326 g/mol. The van der Waals surface area contributed by atoms with E-state index in [1.54, 1.807) is 35.2 Å². The van der Waals surface area contributed by atoms with Crippen LogP contribution in [0.3, 0.4) is 0 Å². The molecule has 0 fully saturated rings. The normalized spacial score (nSPS) is 11.3. The van der Waals surface area contributed by atoms with Crippen molar-refractivity contribution in [3.05, 3.63) is 42.0 Å². The lowest BCUT2D eigenvalue weighted by atomic mass is 10.1. The van der Waals surface area contributed by atoms with Crippen LogP contribution >= 0.6 is 0 Å². The van der Waals surface area contributed by atoms with Crippen LogP contribution in [0.4, 0.5) is 5.82 Å². The van der Waals surface area contributed by atoms with Gasteiger partial charge in [0.1, 0.15) is 5.82 Å². The Morgan fingerprint density at radius 3 is 2.67 bits per heavy atom. The number of anilines is 1. The van der Waals surface area contributed by atoms with Crippen LogP contribution in [0, 0.1) is 0 Å². The number of carbonyl (C=O) groups is 1. The Labute approximate surface area is 140 Å². The third-order valence-corrected chi connectivity index (χ3v) is 4.30. The van der Waals surface area contributed by atoms with E-state index in [0.29, 0.717) is 23.1 Å². The van der Waals surface area contributed by atoms with Crippen molar-refractivity contribution < 1.29 is 4.79 Å². The quantitative estimate of drug-likeness (QED) is 0.755. The highest BCUT2D eigenvalue weighted by atomic mass is 16.1. The maximum Gasteiger partial charge on any atom is 0.260 e. The van der Waals surface area contributed by atoms with Crippen molar-refractivity contribution in [2.45, 2.75) is 46.1 Å². The van der Waals surface area contributed by atoms with Crippen LogP contribution in [0.5, 0.6) is 0 Å². The summed E-state index contributed by atoms with van der Waals surface area (Å²) in [6.07, 6.45) is 7.71. The number of rotatable bonds is 6. The summed E-state index contributed by atoms with van der Waals surface area (Å²) in [7, 11) is 0. The Kier molecular flexibility index (Phi) is 4.59. The first-order valence-corrected chi connectivity index (χ1v) is 8.36. The lowest BCUT2D eigenvalue weighted by molar-refractivity contribution is 0.102. The van der Waals surface area contributed by atoms with Gasteiger partial charge in [0.25, 0.3) is 5.91 Å². The first-order chi connectivity index (χ1) is 11.7. The molecule has 1 N–H and O–H groups in total. The van der Waals surface area contributed by atoms with Gasteiger partial charge >= 0.3 is 0 Å². The summed E-state index contributed by atoms with van der Waals surface area (Å²) >= 11 is 0. The van der Waals surface area contributed by atoms with Crippen LogP contribution in [0.15, 0.2) is 30.7 Å². The van der Waals surface area contributed by atoms with Gasteiger partial charge in [0.05, 0.1) is 29.7 Å². The van der Waals surface area contributed by atoms with Crippen LogP contribution in [-0.4, -0.2) is 30.3 Å². The first-order valence-electron chi connectivity index (χ1n) is 8.36. The SMILES string of the molecule is CCc1c(C(=O)Nc2ccnc3ccnn23)cnn1C(CC)CC. The third-order valence-electron chi connectivity index (χ3n) is 4.30. The molecule has 0 bridgehead atoms. The highest BCUT2D eigenvalue weighted by Crippen LogP contribution is 2.21. The van der Waals surface area contributed by atoms with E-state index in [-0.39, 0.29) is 5.91 Å². The zero-order chi connectivity index (χ0) is 17.1. The molecule has 126 valence electrons. The topological polar surface area (TPSA) is 77.1 Å². The van der Waals surface area contributed by atoms with Crippen molar-refractivity contribution in [1.29, 1.82) is 0 Å². The van der Waals surface area contributed by atoms with E-state index in [9.17, 15) is 4.79 Å². The van der Waals surface area contributed by atoms with Crippen LogP contribution in [0.1, 0.15) is 55.7 Å². The minimum atomic E-state index is -0.174. The van der Waals surface area contributed by atoms with Gasteiger partial charge in [-0.25, -0.2) is 4.98 Å². The monoisotopic (exact) mass is 326 g/mol. The maximum absolute atomic E-state index is 12.7. The standard InChI is InChI=1S/C17H22N6O/c1-4-12(5-2)22-14(6-3)13(11-20-22)17(24)21-16-7-9-18-15-8-10-19-23(15)16/h7-12H,4-6H2,1-3H3,(H,21,24). The molecule has 24 heavy (non-hydrogen) atoms. The van der Waals surface area contributed by atoms with Crippen molar-refractivity contribution in [3.8, 4) is 0 Å². The summed E-state index contributed by atoms with van der Waals surface area (Å²) in [6, 6.07) is 3.84. The van der Waals surface area contributed by atoms with Crippen LogP contribution in [0.25, 0.3) is 5.65 Å². The fourth-order valence-electron chi connectivity index (χ4n) is 2.99. The number of hydrogen-bond acceptors (Lipinski definition) is 4. The molecule has 7 nitrogen and oxygen atoms in total. The molecule has 0 aliphatic carbocycles. The molecule has 3 rings (SSSR count). The molecular formula is C17H22N6O. The maximum atomic E-state index is 12.7. The number of carbonyl (C=O) groups excluding carboxylic acids is 1. The summed E-state index contributed by atoms with van der Waals surface area (Å²) in [4.78, 5) is 16.9. The lowest BCUT2D eigenvalue weighted by Crippen LogP contribution is -2.18. The van der Waals surface area contributed by atoms with E-state index < -0.39 is 0 Å². The largest absolute Gasteiger partial charge is 0.306 e. The summed E-state index contributed by atoms with van der Waals surface area (Å²) in [5, 5.41) is 11.6. The second-order valence-electron chi connectivity index (χ2n) is 5.66. The molecule has 0 spiro atoms. The average Bonchev–Trinajstić information content (AvgIpc) is 3.23. The smallest absolute Gasteiger partial charge is 0.260 e. The third kappa shape index (κ3) is 2.77. The molecule has 0 radical (unpaired) electrons. The minimum absolute atomic E-state index is 0.174. The van der Waals surface area contributed by atoms with Crippen molar-refractivity contribution in [2.24, 2.45) is 0 Å². The molecule has 0 aliphatic rings. The molecule has 0 saturated heterocycles. The summed E-state index contributed by atoms with van der Waals surface area (Å²) in [5.74, 6) is 0.416. The van der Waals surface area contributed by atoms with Gasteiger partial charge < -0.3 is 5.32 Å². The highest BCUT2D eigenvalue weighted by Gasteiger charge is 2.20. The first kappa shape index (κ1) is 16.2. The second-order valence-corrected chi connectivity index (χ2v) is 5.66. The molecule has 3 heterocycles. The number of hydrogen-bond donors (Lipinski definition) is 1. The van der Waals surface area contributed by atoms with Gasteiger partial charge in [0.2, 0.25) is 0 Å². The molecule has 0 unspecified atom stereocenters. The van der Waals surface area contributed by atoms with Gasteiger partial charge in [-0.3, -0.25) is 9.48 Å². The van der Waals surface area contributed by atoms with E-state index in [1.165, 1.54) is 0 Å². The van der Waals surface area contributed by atoms with E-state index in [4.69, 9.17) is 0 Å². The van der Waals surface area contributed by atoms with Crippen molar-refractivity contribution in [1.82, 2.24) is 24.4 Å². The molecule has 0 aromatic carbocycles. The minimum Gasteiger partial charge on any atom is -0.306 e. The number of aromatic nitrogens is 5. The highest BCUT2D eigenvalue weighted by molar-refractivity contribution is 6.04. The van der Waals surface area contributed by atoms with Crippen LogP contribution < -0.4 is 5.32 Å². The van der Waals surface area contributed by atoms with Gasteiger partial charge in [0.15, 0.2) is 5.65 Å². The molecule has 7 heteroatoms. The predicted molar refractivity (Wildman–Crippen MR) is 92.2 cm³/mol. The zero-order valence-electron chi connectivity index (χ0n) is 14.2. The van der Waals surface area contributed by atoms with Crippen molar-refractivity contribution in [3.63, 3.8) is 0 Å². The number of amides is 1. The number of nitrogens with zero attached hydrogens (tertiary/aromatic N) is 5. The Bertz CT molecular complexity index is 846. The Morgan fingerprint density at radius 2 is 1.96 bits per heavy atom. The number of nitrogens with one attached hydrogen (secondary N) is 1. The number of fused-ring (bicyclic) bond motifs is 1. The van der Waals surface area contributed by atoms with Crippen molar-refractivity contribution >= 4 is 17.4 Å². The van der Waals surface area contributed by atoms with Gasteiger partial charge in [-0.2, -0.15) is 14.7 Å². The van der Waals surface area contributed by atoms with E-state index in [2.05, 4.69) is 34.3 Å². The fourth-order valence-corrected chi connectivity index (χ4v) is 2.99. The fraction of sp³-hybridized carbons (Fsp3) is 0.412. The van der Waals surface area contributed by atoms with Gasteiger partial charge in [0, 0.05) is 12.3 Å². The van der Waals surface area contributed by atoms with Gasteiger partial charge in [-0.1, -0.05) is 20.8 Å². The predicted octanol–water partition coefficient (Wildman–Crippen LogP) is 3.10. The summed E-state index contributed by atoms with van der Waals surface area (Å²) < 4.78 is 3.60. The van der Waals surface area contributed by atoms with E-state index in [0.717, 1.165) is 25.0 Å². The molecule has 1 amide bonds. The summed E-state index contributed by atoms with van der Waals surface area (Å²) in [5.41, 5.74) is 2.27. The second kappa shape index (κ2) is 6.82. The van der Waals surface area contributed by atoms with Crippen LogP contribution in [0.2, 0.25) is 0 Å². The van der Waals surface area contributed by atoms with Gasteiger partial charge in [-0.15, -0.1) is 0 Å². The summed E-state index contributed by atoms with van der Waals surface area (Å²) in [6.45, 7) is 6.33. The van der Waals surface area contributed by atoms with E-state index >= 15 is 0 Å².